The van der Waals surface area contributed by atoms with E-state index in [2.05, 4.69) is 16.8 Å². The van der Waals surface area contributed by atoms with Gasteiger partial charge in [-0.05, 0) is 52.1 Å². The van der Waals surface area contributed by atoms with Gasteiger partial charge in [-0.1, -0.05) is 12.8 Å². The van der Waals surface area contributed by atoms with Crippen molar-refractivity contribution in [2.24, 2.45) is 0 Å². The molecule has 3 rings (SSSR count). The zero-order valence-corrected chi connectivity index (χ0v) is 11.9. The van der Waals surface area contributed by atoms with Crippen molar-refractivity contribution in [1.29, 1.82) is 0 Å². The molecule has 3 saturated heterocycles. The molecule has 3 aliphatic heterocycles. The van der Waals surface area contributed by atoms with E-state index < -0.39 is 5.97 Å². The molecule has 0 aromatic carbocycles. The molecule has 0 saturated carbocycles. The normalized spacial score (nSPS) is 41.1. The molecule has 0 radical (unpaired) electrons. The first kappa shape index (κ1) is 13.4. The second kappa shape index (κ2) is 5.41. The summed E-state index contributed by atoms with van der Waals surface area (Å²) >= 11 is 0. The molecule has 3 fully saturated rings. The maximum absolute atomic E-state index is 11.6. The Hall–Kier alpha value is -0.610. The number of fused-ring (bicyclic) bond motifs is 2. The first-order valence-corrected chi connectivity index (χ1v) is 7.87. The summed E-state index contributed by atoms with van der Waals surface area (Å²) in [4.78, 5) is 16.4. The van der Waals surface area contributed by atoms with Crippen LogP contribution in [0.15, 0.2) is 0 Å². The summed E-state index contributed by atoms with van der Waals surface area (Å²) < 4.78 is 0. The fourth-order valence-electron chi connectivity index (χ4n) is 4.49. The number of nitrogens with zero attached hydrogens (tertiary/aromatic N) is 2. The summed E-state index contributed by atoms with van der Waals surface area (Å²) in [5.41, 5.74) is 0. The highest BCUT2D eigenvalue weighted by molar-refractivity contribution is 5.73. The molecular weight excluding hydrogens is 240 g/mol. The second-order valence-corrected chi connectivity index (χ2v) is 6.62. The average molecular weight is 266 g/mol. The monoisotopic (exact) mass is 266 g/mol. The standard InChI is InChI=1S/C15H26N2O2/c1-16-11-6-7-12(16)10-13(9-11)17-8-4-2-3-5-14(17)15(18)19/h11-14H,2-10H2,1H3,(H,18,19). The molecule has 0 aromatic rings. The zero-order valence-electron chi connectivity index (χ0n) is 11.9. The maximum atomic E-state index is 11.6. The highest BCUT2D eigenvalue weighted by Crippen LogP contribution is 2.37. The Morgan fingerprint density at radius 2 is 1.68 bits per heavy atom. The maximum Gasteiger partial charge on any atom is 0.320 e. The van der Waals surface area contributed by atoms with Crippen LogP contribution in [0.1, 0.15) is 51.4 Å². The van der Waals surface area contributed by atoms with E-state index in [1.54, 1.807) is 0 Å². The van der Waals surface area contributed by atoms with Gasteiger partial charge in [-0.3, -0.25) is 9.69 Å². The van der Waals surface area contributed by atoms with Crippen molar-refractivity contribution >= 4 is 5.97 Å². The smallest absolute Gasteiger partial charge is 0.320 e. The molecule has 0 spiro atoms. The van der Waals surface area contributed by atoms with Gasteiger partial charge in [0.05, 0.1) is 0 Å². The summed E-state index contributed by atoms with van der Waals surface area (Å²) in [6.45, 7) is 0.991. The largest absolute Gasteiger partial charge is 0.480 e. The number of aliphatic carboxylic acids is 1. The molecule has 2 bridgehead atoms. The van der Waals surface area contributed by atoms with E-state index in [0.29, 0.717) is 18.1 Å². The third-order valence-corrected chi connectivity index (χ3v) is 5.62. The first-order chi connectivity index (χ1) is 9.16. The number of rotatable bonds is 2. The number of carboxylic acid groups (broad SMARTS) is 1. The van der Waals surface area contributed by atoms with Gasteiger partial charge in [0, 0.05) is 18.1 Å². The molecule has 3 atom stereocenters. The highest BCUT2D eigenvalue weighted by atomic mass is 16.4. The van der Waals surface area contributed by atoms with Gasteiger partial charge in [-0.25, -0.2) is 0 Å². The van der Waals surface area contributed by atoms with Crippen LogP contribution in [0.4, 0.5) is 0 Å². The van der Waals surface area contributed by atoms with Crippen LogP contribution in [0, 0.1) is 0 Å². The van der Waals surface area contributed by atoms with Gasteiger partial charge in [-0.15, -0.1) is 0 Å². The minimum atomic E-state index is -0.604. The lowest BCUT2D eigenvalue weighted by atomic mass is 9.94. The van der Waals surface area contributed by atoms with Crippen LogP contribution in [0.3, 0.4) is 0 Å². The topological polar surface area (TPSA) is 43.8 Å². The van der Waals surface area contributed by atoms with Crippen molar-refractivity contribution < 1.29 is 9.90 Å². The molecule has 108 valence electrons. The van der Waals surface area contributed by atoms with E-state index in [9.17, 15) is 9.90 Å². The van der Waals surface area contributed by atoms with E-state index in [1.165, 1.54) is 38.5 Å². The predicted octanol–water partition coefficient (Wildman–Crippen LogP) is 1.94. The minimum Gasteiger partial charge on any atom is -0.480 e. The fraction of sp³-hybridized carbons (Fsp3) is 0.933. The van der Waals surface area contributed by atoms with Crippen LogP contribution in [-0.4, -0.2) is 58.6 Å². The van der Waals surface area contributed by atoms with Gasteiger partial charge in [-0.2, -0.15) is 0 Å². The summed E-state index contributed by atoms with van der Waals surface area (Å²) in [5.74, 6) is -0.604. The number of carboxylic acids is 1. The first-order valence-electron chi connectivity index (χ1n) is 7.87. The van der Waals surface area contributed by atoms with Gasteiger partial charge in [0.2, 0.25) is 0 Å². The quantitative estimate of drug-likeness (QED) is 0.829. The Morgan fingerprint density at radius 1 is 1.00 bits per heavy atom. The summed E-state index contributed by atoms with van der Waals surface area (Å²) in [5, 5.41) is 9.51. The average Bonchev–Trinajstić information content (AvgIpc) is 2.66. The van der Waals surface area contributed by atoms with Crippen LogP contribution in [0.5, 0.6) is 0 Å². The minimum absolute atomic E-state index is 0.227. The van der Waals surface area contributed by atoms with Crippen molar-refractivity contribution in [3.8, 4) is 0 Å². The van der Waals surface area contributed by atoms with E-state index in [-0.39, 0.29) is 6.04 Å². The molecule has 4 heteroatoms. The SMILES string of the molecule is CN1C2CCC1CC(N1CCCCCC1C(=O)O)C2. The van der Waals surface area contributed by atoms with E-state index in [0.717, 1.165) is 19.4 Å². The summed E-state index contributed by atoms with van der Waals surface area (Å²) in [6, 6.07) is 1.67. The van der Waals surface area contributed by atoms with Crippen LogP contribution in [-0.2, 0) is 4.79 Å². The highest BCUT2D eigenvalue weighted by Gasteiger charge is 2.42. The Labute approximate surface area is 115 Å². The molecule has 3 unspecified atom stereocenters. The third-order valence-electron chi connectivity index (χ3n) is 5.62. The lowest BCUT2D eigenvalue weighted by molar-refractivity contribution is -0.145. The molecule has 0 aromatic heterocycles. The second-order valence-electron chi connectivity index (χ2n) is 6.62. The summed E-state index contributed by atoms with van der Waals surface area (Å²) in [7, 11) is 2.25. The lowest BCUT2D eigenvalue weighted by Gasteiger charge is -2.43. The third kappa shape index (κ3) is 2.52. The van der Waals surface area contributed by atoms with E-state index in [1.807, 2.05) is 0 Å². The Kier molecular flexibility index (Phi) is 3.81. The van der Waals surface area contributed by atoms with Crippen molar-refractivity contribution in [3.63, 3.8) is 0 Å². The van der Waals surface area contributed by atoms with Crippen molar-refractivity contribution in [2.45, 2.75) is 75.5 Å². The number of hydrogen-bond acceptors (Lipinski definition) is 3. The number of hydrogen-bond donors (Lipinski definition) is 1. The van der Waals surface area contributed by atoms with Crippen LogP contribution < -0.4 is 0 Å². The molecule has 3 heterocycles. The van der Waals surface area contributed by atoms with Crippen LogP contribution in [0.2, 0.25) is 0 Å². The van der Waals surface area contributed by atoms with Crippen molar-refractivity contribution in [1.82, 2.24) is 9.80 Å². The van der Waals surface area contributed by atoms with Gasteiger partial charge in [0.1, 0.15) is 6.04 Å². The molecule has 1 N–H and O–H groups in total. The Morgan fingerprint density at radius 3 is 2.32 bits per heavy atom. The fourth-order valence-corrected chi connectivity index (χ4v) is 4.49. The number of carbonyl (C=O) groups is 1. The lowest BCUT2D eigenvalue weighted by Crippen LogP contribution is -2.53. The Bertz CT molecular complexity index is 333. The zero-order chi connectivity index (χ0) is 13.4. The molecular formula is C15H26N2O2. The van der Waals surface area contributed by atoms with Crippen LogP contribution in [0.25, 0.3) is 0 Å². The molecule has 3 aliphatic rings. The summed E-state index contributed by atoms with van der Waals surface area (Å²) in [6.07, 6.45) is 9.26. The van der Waals surface area contributed by atoms with Crippen molar-refractivity contribution in [2.75, 3.05) is 13.6 Å². The molecule has 4 nitrogen and oxygen atoms in total. The number of likely N-dealkylation sites (tertiary alicyclic amines) is 1. The van der Waals surface area contributed by atoms with Gasteiger partial charge >= 0.3 is 5.97 Å². The van der Waals surface area contributed by atoms with E-state index >= 15 is 0 Å². The van der Waals surface area contributed by atoms with E-state index in [4.69, 9.17) is 0 Å². The number of piperidine rings is 1. The predicted molar refractivity (Wildman–Crippen MR) is 74.2 cm³/mol. The molecule has 19 heavy (non-hydrogen) atoms. The van der Waals surface area contributed by atoms with Gasteiger partial charge < -0.3 is 10.0 Å². The molecule has 0 amide bonds. The molecule has 0 aliphatic carbocycles. The van der Waals surface area contributed by atoms with Gasteiger partial charge in [0.15, 0.2) is 0 Å². The van der Waals surface area contributed by atoms with Crippen molar-refractivity contribution in [3.05, 3.63) is 0 Å². The van der Waals surface area contributed by atoms with Gasteiger partial charge in [0.25, 0.3) is 0 Å². The van der Waals surface area contributed by atoms with Crippen LogP contribution >= 0.6 is 0 Å². The Balaban J connectivity index is 1.74.